The number of hydrogen-bond acceptors (Lipinski definition) is 2. The maximum absolute atomic E-state index is 8.28. The number of hydrogen-bond donors (Lipinski definition) is 1. The molecule has 0 unspecified atom stereocenters. The Morgan fingerprint density at radius 1 is 0.875 bits per heavy atom. The number of nitrogen functional groups attached to an aromatic ring is 1. The molecule has 0 aliphatic heterocycles. The van der Waals surface area contributed by atoms with Crippen LogP contribution in [0.5, 0.6) is 0 Å². The van der Waals surface area contributed by atoms with Crippen LogP contribution in [0.3, 0.4) is 0 Å². The number of benzene rings is 2. The number of nitrogens with zero attached hydrogens (tertiary/aromatic N) is 3. The average molecular weight is 210 g/mol. The van der Waals surface area contributed by atoms with Crippen molar-refractivity contribution in [2.75, 3.05) is 5.73 Å². The van der Waals surface area contributed by atoms with Crippen LogP contribution in [0.25, 0.3) is 21.6 Å². The molecular formula is C12H10N4. The minimum atomic E-state index is 0.613. The van der Waals surface area contributed by atoms with Crippen molar-refractivity contribution >= 4 is 11.4 Å². The lowest BCUT2D eigenvalue weighted by Gasteiger charge is -2.02. The molecule has 0 amide bonds. The van der Waals surface area contributed by atoms with Crippen LogP contribution in [0.4, 0.5) is 11.4 Å². The first-order chi connectivity index (χ1) is 7.79. The van der Waals surface area contributed by atoms with E-state index < -0.39 is 0 Å². The Balaban J connectivity index is 2.34. The molecule has 0 aromatic heterocycles. The van der Waals surface area contributed by atoms with Gasteiger partial charge in [0, 0.05) is 16.3 Å². The van der Waals surface area contributed by atoms with Gasteiger partial charge in [-0.15, -0.1) is 0 Å². The quantitative estimate of drug-likeness (QED) is 0.347. The molecule has 0 bridgehead atoms. The highest BCUT2D eigenvalue weighted by Crippen LogP contribution is 2.23. The van der Waals surface area contributed by atoms with Crippen molar-refractivity contribution in [2.45, 2.75) is 0 Å². The molecule has 4 nitrogen and oxygen atoms in total. The van der Waals surface area contributed by atoms with Gasteiger partial charge in [0.15, 0.2) is 0 Å². The molecule has 2 aromatic rings. The van der Waals surface area contributed by atoms with Gasteiger partial charge in [0.1, 0.15) is 0 Å². The number of nitrogens with two attached hydrogens (primary N) is 1. The molecule has 4 heteroatoms. The second kappa shape index (κ2) is 4.38. The molecule has 2 aromatic carbocycles. The zero-order valence-electron chi connectivity index (χ0n) is 8.54. The van der Waals surface area contributed by atoms with Gasteiger partial charge in [0.2, 0.25) is 0 Å². The van der Waals surface area contributed by atoms with Gasteiger partial charge in [-0.2, -0.15) is 0 Å². The minimum Gasteiger partial charge on any atom is -0.399 e. The third-order valence-electron chi connectivity index (χ3n) is 2.27. The molecule has 0 saturated carbocycles. The Kier molecular flexibility index (Phi) is 2.76. The van der Waals surface area contributed by atoms with Gasteiger partial charge in [0.25, 0.3) is 0 Å². The van der Waals surface area contributed by atoms with Crippen LogP contribution in [-0.4, -0.2) is 0 Å². The van der Waals surface area contributed by atoms with Gasteiger partial charge >= 0.3 is 0 Å². The van der Waals surface area contributed by atoms with E-state index in [0.717, 1.165) is 16.8 Å². The molecule has 16 heavy (non-hydrogen) atoms. The lowest BCUT2D eigenvalue weighted by atomic mass is 10.1. The highest BCUT2D eigenvalue weighted by Gasteiger charge is 1.96. The highest BCUT2D eigenvalue weighted by atomic mass is 15.1. The average Bonchev–Trinajstić information content (AvgIpc) is 2.32. The van der Waals surface area contributed by atoms with Crippen molar-refractivity contribution in [2.24, 2.45) is 5.11 Å². The maximum Gasteiger partial charge on any atom is 0.0375 e. The van der Waals surface area contributed by atoms with Crippen LogP contribution in [0.1, 0.15) is 0 Å². The molecule has 0 saturated heterocycles. The van der Waals surface area contributed by atoms with E-state index in [-0.39, 0.29) is 0 Å². The van der Waals surface area contributed by atoms with E-state index in [1.165, 1.54) is 0 Å². The van der Waals surface area contributed by atoms with E-state index >= 15 is 0 Å². The zero-order chi connectivity index (χ0) is 11.4. The fraction of sp³-hybridized carbons (Fsp3) is 0. The summed E-state index contributed by atoms with van der Waals surface area (Å²) < 4.78 is 0. The SMILES string of the molecule is [N-]=[N+]=Nc1ccc(-c2ccc(N)cc2)cc1. The summed E-state index contributed by atoms with van der Waals surface area (Å²) in [6.45, 7) is 0. The van der Waals surface area contributed by atoms with Crippen molar-refractivity contribution in [3.8, 4) is 11.1 Å². The first kappa shape index (κ1) is 10.1. The Labute approximate surface area is 93.0 Å². The maximum atomic E-state index is 8.28. The van der Waals surface area contributed by atoms with Crippen LogP contribution in [-0.2, 0) is 0 Å². The molecule has 2 N–H and O–H groups in total. The van der Waals surface area contributed by atoms with E-state index in [1.807, 2.05) is 36.4 Å². The molecule has 78 valence electrons. The Morgan fingerprint density at radius 2 is 1.38 bits per heavy atom. The third-order valence-corrected chi connectivity index (χ3v) is 2.27. The van der Waals surface area contributed by atoms with Crippen LogP contribution in [0.2, 0.25) is 0 Å². The molecule has 0 aliphatic carbocycles. The molecule has 0 aliphatic rings. The third kappa shape index (κ3) is 2.13. The smallest absolute Gasteiger partial charge is 0.0375 e. The van der Waals surface area contributed by atoms with Crippen LogP contribution in [0, 0.1) is 0 Å². The van der Waals surface area contributed by atoms with E-state index in [9.17, 15) is 0 Å². The molecule has 0 spiro atoms. The zero-order valence-corrected chi connectivity index (χ0v) is 8.54. The summed E-state index contributed by atoms with van der Waals surface area (Å²) in [4.78, 5) is 2.73. The van der Waals surface area contributed by atoms with Crippen molar-refractivity contribution in [1.82, 2.24) is 0 Å². The predicted octanol–water partition coefficient (Wildman–Crippen LogP) is 3.88. The lowest BCUT2D eigenvalue weighted by Crippen LogP contribution is -1.83. The molecule has 2 rings (SSSR count). The van der Waals surface area contributed by atoms with Crippen molar-refractivity contribution < 1.29 is 0 Å². The second-order valence-electron chi connectivity index (χ2n) is 3.36. The summed E-state index contributed by atoms with van der Waals surface area (Å²) in [7, 11) is 0. The van der Waals surface area contributed by atoms with Gasteiger partial charge in [-0.1, -0.05) is 41.5 Å². The van der Waals surface area contributed by atoms with E-state index in [4.69, 9.17) is 11.3 Å². The molecule has 0 atom stereocenters. The topological polar surface area (TPSA) is 74.8 Å². The van der Waals surface area contributed by atoms with E-state index in [0.29, 0.717) is 5.69 Å². The number of rotatable bonds is 2. The van der Waals surface area contributed by atoms with Gasteiger partial charge in [-0.3, -0.25) is 0 Å². The summed E-state index contributed by atoms with van der Waals surface area (Å²) >= 11 is 0. The molecule has 0 fully saturated rings. The van der Waals surface area contributed by atoms with Crippen molar-refractivity contribution in [1.29, 1.82) is 0 Å². The van der Waals surface area contributed by atoms with E-state index in [2.05, 4.69) is 10.0 Å². The summed E-state index contributed by atoms with van der Waals surface area (Å²) in [6.07, 6.45) is 0. The van der Waals surface area contributed by atoms with Crippen LogP contribution >= 0.6 is 0 Å². The number of anilines is 1. The normalized spacial score (nSPS) is 9.50. The Hall–Kier alpha value is -2.45. The summed E-state index contributed by atoms with van der Waals surface area (Å²) in [6, 6.07) is 15.0. The van der Waals surface area contributed by atoms with Gasteiger partial charge in [0.05, 0.1) is 0 Å². The fourth-order valence-electron chi connectivity index (χ4n) is 1.45. The largest absolute Gasteiger partial charge is 0.399 e. The van der Waals surface area contributed by atoms with Gasteiger partial charge in [-0.25, -0.2) is 0 Å². The first-order valence-corrected chi connectivity index (χ1v) is 4.81. The van der Waals surface area contributed by atoms with Crippen LogP contribution in [0.15, 0.2) is 53.6 Å². The first-order valence-electron chi connectivity index (χ1n) is 4.81. The van der Waals surface area contributed by atoms with E-state index in [1.54, 1.807) is 12.1 Å². The van der Waals surface area contributed by atoms with Crippen molar-refractivity contribution in [3.63, 3.8) is 0 Å². The molecule has 0 radical (unpaired) electrons. The fourth-order valence-corrected chi connectivity index (χ4v) is 1.45. The van der Waals surface area contributed by atoms with Gasteiger partial charge in [-0.05, 0) is 28.8 Å². The highest BCUT2D eigenvalue weighted by molar-refractivity contribution is 5.67. The lowest BCUT2D eigenvalue weighted by molar-refractivity contribution is 1.47. The summed E-state index contributed by atoms with van der Waals surface area (Å²) in [5, 5.41) is 3.52. The number of azide groups is 1. The monoisotopic (exact) mass is 210 g/mol. The van der Waals surface area contributed by atoms with Gasteiger partial charge < -0.3 is 5.73 Å². The molecular weight excluding hydrogens is 200 g/mol. The summed E-state index contributed by atoms with van der Waals surface area (Å²) in [5.41, 5.74) is 17.4. The predicted molar refractivity (Wildman–Crippen MR) is 65.1 cm³/mol. The second-order valence-corrected chi connectivity index (χ2v) is 3.36. The standard InChI is InChI=1S/C12H10N4/c13-11-5-1-9(2-6-11)10-3-7-12(8-4-10)15-16-14/h1-8H,13H2. The molecule has 0 heterocycles. The summed E-state index contributed by atoms with van der Waals surface area (Å²) in [5.74, 6) is 0. The Morgan fingerprint density at radius 3 is 1.88 bits per heavy atom. The Bertz CT molecular complexity index is 522. The van der Waals surface area contributed by atoms with Crippen molar-refractivity contribution in [3.05, 3.63) is 59.0 Å². The van der Waals surface area contributed by atoms with Crippen LogP contribution < -0.4 is 5.73 Å². The minimum absolute atomic E-state index is 0.613.